The van der Waals surface area contributed by atoms with Crippen LogP contribution < -0.4 is 25.0 Å². The largest absolute Gasteiger partial charge is 0.493 e. The number of anilines is 1. The topological polar surface area (TPSA) is 119 Å². The summed E-state index contributed by atoms with van der Waals surface area (Å²) >= 11 is 0. The highest BCUT2D eigenvalue weighted by Gasteiger charge is 2.34. The van der Waals surface area contributed by atoms with Gasteiger partial charge in [-0.3, -0.25) is 19.3 Å². The number of carbonyl (C=O) groups is 3. The molecule has 3 aromatic rings. The summed E-state index contributed by atoms with van der Waals surface area (Å²) in [6, 6.07) is 11.8. The van der Waals surface area contributed by atoms with E-state index >= 15 is 0 Å². The third-order valence-electron chi connectivity index (χ3n) is 6.28. The van der Waals surface area contributed by atoms with Gasteiger partial charge in [-0.2, -0.15) is 0 Å². The van der Waals surface area contributed by atoms with E-state index in [1.807, 2.05) is 0 Å². The SMILES string of the molecule is COc1ccc([C@@H](C(=O)NC[C@@H]2CCCO2)N(C(=O)CNC(=O)c2ccco2)c2ccc(F)cc2)cc1OC. The minimum absolute atomic E-state index is 0.0295. The number of furan rings is 1. The van der Waals surface area contributed by atoms with Crippen molar-refractivity contribution < 1.29 is 37.4 Å². The van der Waals surface area contributed by atoms with E-state index in [2.05, 4.69) is 10.6 Å². The number of methoxy groups -OCH3 is 2. The van der Waals surface area contributed by atoms with Crippen molar-refractivity contribution in [3.05, 3.63) is 78.0 Å². The molecule has 0 radical (unpaired) electrons. The van der Waals surface area contributed by atoms with Gasteiger partial charge in [0.05, 0.1) is 33.1 Å². The van der Waals surface area contributed by atoms with Crippen molar-refractivity contribution in [1.82, 2.24) is 10.6 Å². The van der Waals surface area contributed by atoms with Crippen molar-refractivity contribution in [3.8, 4) is 11.5 Å². The number of halogens is 1. The summed E-state index contributed by atoms with van der Waals surface area (Å²) in [5.74, 6) is -1.40. The molecule has 0 aliphatic carbocycles. The maximum atomic E-state index is 13.8. The molecule has 1 aromatic heterocycles. The lowest BCUT2D eigenvalue weighted by Gasteiger charge is -2.32. The summed E-state index contributed by atoms with van der Waals surface area (Å²) < 4.78 is 35.3. The first kappa shape index (κ1) is 27.6. The zero-order valence-electron chi connectivity index (χ0n) is 21.6. The molecule has 4 rings (SSSR count). The predicted molar refractivity (Wildman–Crippen MR) is 139 cm³/mol. The maximum absolute atomic E-state index is 13.8. The molecular weight excluding hydrogens is 509 g/mol. The van der Waals surface area contributed by atoms with Gasteiger partial charge in [-0.1, -0.05) is 6.07 Å². The smallest absolute Gasteiger partial charge is 0.287 e. The van der Waals surface area contributed by atoms with Gasteiger partial charge in [0.15, 0.2) is 17.3 Å². The van der Waals surface area contributed by atoms with Crippen LogP contribution in [0.25, 0.3) is 0 Å². The van der Waals surface area contributed by atoms with E-state index in [1.165, 1.54) is 55.7 Å². The van der Waals surface area contributed by atoms with E-state index in [0.29, 0.717) is 23.7 Å². The molecule has 2 aromatic carbocycles. The summed E-state index contributed by atoms with van der Waals surface area (Å²) in [6.45, 7) is 0.415. The highest BCUT2D eigenvalue weighted by Crippen LogP contribution is 2.34. The van der Waals surface area contributed by atoms with Gasteiger partial charge in [-0.05, 0) is 66.9 Å². The Bertz CT molecular complexity index is 1270. The van der Waals surface area contributed by atoms with Gasteiger partial charge >= 0.3 is 0 Å². The molecule has 0 saturated carbocycles. The number of amides is 3. The molecular formula is C28H30FN3O7. The van der Waals surface area contributed by atoms with Crippen molar-refractivity contribution >= 4 is 23.4 Å². The molecule has 1 aliphatic rings. The normalized spacial score (nSPS) is 15.3. The van der Waals surface area contributed by atoms with Crippen LogP contribution in [0.5, 0.6) is 11.5 Å². The van der Waals surface area contributed by atoms with Crippen molar-refractivity contribution in [1.29, 1.82) is 0 Å². The Hall–Kier alpha value is -4.38. The lowest BCUT2D eigenvalue weighted by molar-refractivity contribution is -0.126. The highest BCUT2D eigenvalue weighted by atomic mass is 19.1. The molecule has 1 saturated heterocycles. The van der Waals surface area contributed by atoms with Crippen LogP contribution >= 0.6 is 0 Å². The number of carbonyl (C=O) groups excluding carboxylic acids is 3. The number of nitrogens with one attached hydrogen (secondary N) is 2. The predicted octanol–water partition coefficient (Wildman–Crippen LogP) is 3.24. The van der Waals surface area contributed by atoms with E-state index in [4.69, 9.17) is 18.6 Å². The lowest BCUT2D eigenvalue weighted by atomic mass is 10.0. The minimum Gasteiger partial charge on any atom is -0.493 e. The van der Waals surface area contributed by atoms with Gasteiger partial charge in [0.2, 0.25) is 11.8 Å². The Labute approximate surface area is 225 Å². The Balaban J connectivity index is 1.70. The Kier molecular flexibility index (Phi) is 9.16. The molecule has 39 heavy (non-hydrogen) atoms. The quantitative estimate of drug-likeness (QED) is 0.384. The van der Waals surface area contributed by atoms with Crippen LogP contribution in [0.4, 0.5) is 10.1 Å². The van der Waals surface area contributed by atoms with Crippen LogP contribution in [0.1, 0.15) is 35.0 Å². The maximum Gasteiger partial charge on any atom is 0.287 e. The van der Waals surface area contributed by atoms with E-state index in [9.17, 15) is 18.8 Å². The lowest BCUT2D eigenvalue weighted by Crippen LogP contribution is -2.48. The van der Waals surface area contributed by atoms with E-state index in [1.54, 1.807) is 24.3 Å². The summed E-state index contributed by atoms with van der Waals surface area (Å²) in [4.78, 5) is 41.1. The molecule has 2 atom stereocenters. The molecule has 0 bridgehead atoms. The van der Waals surface area contributed by atoms with Gasteiger partial charge in [0.25, 0.3) is 5.91 Å². The molecule has 2 N–H and O–H groups in total. The molecule has 0 unspecified atom stereocenters. The van der Waals surface area contributed by atoms with Crippen molar-refractivity contribution in [3.63, 3.8) is 0 Å². The third kappa shape index (κ3) is 6.74. The van der Waals surface area contributed by atoms with E-state index in [0.717, 1.165) is 12.8 Å². The standard InChI is InChI=1S/C28H30FN3O7/c1-36-22-12-7-18(15-24(22)37-2)26(28(35)30-16-21-5-3-13-38-21)32(20-10-8-19(29)9-11-20)25(33)17-31-27(34)23-6-4-14-39-23/h4,6-12,14-15,21,26H,3,5,13,16-17H2,1-2H3,(H,30,35)(H,31,34)/t21-,26-/m0/s1. The monoisotopic (exact) mass is 539 g/mol. The Morgan fingerprint density at radius 2 is 1.82 bits per heavy atom. The number of rotatable bonds is 11. The van der Waals surface area contributed by atoms with E-state index in [-0.39, 0.29) is 24.1 Å². The first-order valence-corrected chi connectivity index (χ1v) is 12.4. The Morgan fingerprint density at radius 1 is 1.05 bits per heavy atom. The van der Waals surface area contributed by atoms with Crippen LogP contribution in [-0.2, 0) is 14.3 Å². The van der Waals surface area contributed by atoms with Gasteiger partial charge < -0.3 is 29.3 Å². The van der Waals surface area contributed by atoms with Gasteiger partial charge in [0.1, 0.15) is 11.9 Å². The Morgan fingerprint density at radius 3 is 2.46 bits per heavy atom. The van der Waals surface area contributed by atoms with Crippen molar-refractivity contribution in [2.45, 2.75) is 25.0 Å². The van der Waals surface area contributed by atoms with Crippen LogP contribution in [-0.4, -0.2) is 57.7 Å². The summed E-state index contributed by atoms with van der Waals surface area (Å²) in [6.07, 6.45) is 2.91. The summed E-state index contributed by atoms with van der Waals surface area (Å²) in [5, 5.41) is 5.40. The molecule has 3 amide bonds. The third-order valence-corrected chi connectivity index (χ3v) is 6.28. The molecule has 2 heterocycles. The first-order chi connectivity index (χ1) is 18.9. The van der Waals surface area contributed by atoms with Gasteiger partial charge in [-0.15, -0.1) is 0 Å². The van der Waals surface area contributed by atoms with Crippen LogP contribution in [0.15, 0.2) is 65.3 Å². The van der Waals surface area contributed by atoms with Crippen LogP contribution in [0.2, 0.25) is 0 Å². The molecule has 1 fully saturated rings. The fourth-order valence-electron chi connectivity index (χ4n) is 4.33. The molecule has 206 valence electrons. The molecule has 11 heteroatoms. The second-order valence-electron chi connectivity index (χ2n) is 8.80. The molecule has 1 aliphatic heterocycles. The molecule has 10 nitrogen and oxygen atoms in total. The average Bonchev–Trinajstić information content (AvgIpc) is 3.68. The number of benzene rings is 2. The number of nitrogens with zero attached hydrogens (tertiary/aromatic N) is 1. The number of hydrogen-bond donors (Lipinski definition) is 2. The summed E-state index contributed by atoms with van der Waals surface area (Å²) in [5.41, 5.74) is 0.660. The highest BCUT2D eigenvalue weighted by molar-refractivity contribution is 6.04. The van der Waals surface area contributed by atoms with Crippen LogP contribution in [0, 0.1) is 5.82 Å². The second kappa shape index (κ2) is 12.9. The fourth-order valence-corrected chi connectivity index (χ4v) is 4.33. The fraction of sp³-hybridized carbons (Fsp3) is 0.321. The number of ether oxygens (including phenoxy) is 3. The van der Waals surface area contributed by atoms with E-state index < -0.39 is 36.1 Å². The van der Waals surface area contributed by atoms with Crippen LogP contribution in [0.3, 0.4) is 0 Å². The van der Waals surface area contributed by atoms with Gasteiger partial charge in [-0.25, -0.2) is 4.39 Å². The zero-order valence-corrected chi connectivity index (χ0v) is 21.6. The minimum atomic E-state index is -1.20. The zero-order chi connectivity index (χ0) is 27.8. The van der Waals surface area contributed by atoms with Gasteiger partial charge in [0, 0.05) is 18.8 Å². The molecule has 0 spiro atoms. The van der Waals surface area contributed by atoms with Crippen molar-refractivity contribution in [2.75, 3.05) is 38.8 Å². The average molecular weight is 540 g/mol. The summed E-state index contributed by atoms with van der Waals surface area (Å²) in [7, 11) is 2.95. The number of hydrogen-bond acceptors (Lipinski definition) is 7. The second-order valence-corrected chi connectivity index (χ2v) is 8.80. The first-order valence-electron chi connectivity index (χ1n) is 12.4. The van der Waals surface area contributed by atoms with Crippen molar-refractivity contribution in [2.24, 2.45) is 0 Å².